The van der Waals surface area contributed by atoms with E-state index in [0.29, 0.717) is 5.69 Å². The summed E-state index contributed by atoms with van der Waals surface area (Å²) in [7, 11) is -3.87. The monoisotopic (exact) mass is 308 g/mol. The van der Waals surface area contributed by atoms with Crippen molar-refractivity contribution in [3.8, 4) is 5.75 Å². The molecule has 9 heteroatoms. The predicted molar refractivity (Wildman–Crippen MR) is 73.2 cm³/mol. The molecule has 0 bridgehead atoms. The number of aromatic nitrogens is 2. The van der Waals surface area contributed by atoms with Crippen LogP contribution in [0.1, 0.15) is 0 Å². The number of amides is 1. The molecule has 2 heterocycles. The smallest absolute Gasteiger partial charge is 0.281 e. The van der Waals surface area contributed by atoms with Crippen LogP contribution in [0.25, 0.3) is 0 Å². The molecule has 3 N–H and O–H groups in total. The number of rotatable bonds is 3. The number of anilines is 1. The van der Waals surface area contributed by atoms with Crippen molar-refractivity contribution in [3.05, 3.63) is 36.8 Å². The van der Waals surface area contributed by atoms with Crippen molar-refractivity contribution in [2.75, 3.05) is 10.8 Å². The zero-order chi connectivity index (χ0) is 15.0. The molecular formula is C12H12N4O4S. The summed E-state index contributed by atoms with van der Waals surface area (Å²) in [6.07, 6.45) is 1.43. The molecule has 0 saturated heterocycles. The maximum absolute atomic E-state index is 12.6. The van der Waals surface area contributed by atoms with Crippen molar-refractivity contribution in [2.45, 2.75) is 11.1 Å². The highest BCUT2D eigenvalue weighted by Crippen LogP contribution is 2.36. The van der Waals surface area contributed by atoms with Gasteiger partial charge in [-0.15, -0.1) is 0 Å². The number of fused-ring (bicyclic) bond motifs is 1. The van der Waals surface area contributed by atoms with Gasteiger partial charge in [0.05, 0.1) is 24.8 Å². The number of nitrogens with one attached hydrogen (secondary N) is 1. The Kier molecular flexibility index (Phi) is 3.05. The third-order valence-corrected chi connectivity index (χ3v) is 4.80. The Morgan fingerprint density at radius 2 is 2.19 bits per heavy atom. The fourth-order valence-corrected chi connectivity index (χ4v) is 3.46. The normalized spacial score (nSPS) is 17.9. The summed E-state index contributed by atoms with van der Waals surface area (Å²) in [6.45, 7) is -0.187. The van der Waals surface area contributed by atoms with Gasteiger partial charge in [0, 0.05) is 0 Å². The van der Waals surface area contributed by atoms with Gasteiger partial charge in [-0.2, -0.15) is 8.42 Å². The van der Waals surface area contributed by atoms with Gasteiger partial charge in [-0.05, 0) is 12.1 Å². The van der Waals surface area contributed by atoms with Gasteiger partial charge in [-0.25, -0.2) is 4.98 Å². The number of nitrogens with zero attached hydrogens (tertiary/aromatic N) is 2. The molecule has 110 valence electrons. The van der Waals surface area contributed by atoms with Crippen LogP contribution in [-0.2, 0) is 14.8 Å². The van der Waals surface area contributed by atoms with E-state index in [9.17, 15) is 13.2 Å². The second-order valence-corrected chi connectivity index (χ2v) is 6.26. The lowest BCUT2D eigenvalue weighted by molar-refractivity contribution is -0.124. The number of primary amides is 1. The number of carbonyl (C=O) groups excluding carboxylic acids is 1. The Morgan fingerprint density at radius 3 is 2.86 bits per heavy atom. The van der Waals surface area contributed by atoms with Crippen molar-refractivity contribution >= 4 is 21.6 Å². The van der Waals surface area contributed by atoms with Crippen LogP contribution in [0, 0.1) is 0 Å². The second kappa shape index (κ2) is 4.77. The van der Waals surface area contributed by atoms with Gasteiger partial charge in [-0.3, -0.25) is 9.10 Å². The predicted octanol–water partition coefficient (Wildman–Crippen LogP) is -0.149. The van der Waals surface area contributed by atoms with Crippen LogP contribution in [-0.4, -0.2) is 36.9 Å². The minimum atomic E-state index is -3.87. The quantitative estimate of drug-likeness (QED) is 0.817. The van der Waals surface area contributed by atoms with E-state index in [0.717, 1.165) is 4.31 Å². The van der Waals surface area contributed by atoms with E-state index in [1.807, 2.05) is 0 Å². The number of nitrogens with two attached hydrogens (primary N) is 1. The molecule has 1 amide bonds. The number of aromatic amines is 1. The average molecular weight is 308 g/mol. The molecule has 1 aromatic carbocycles. The molecule has 0 spiro atoms. The molecule has 21 heavy (non-hydrogen) atoms. The summed E-state index contributed by atoms with van der Waals surface area (Å²) in [4.78, 5) is 17.6. The highest BCUT2D eigenvalue weighted by atomic mass is 32.2. The molecule has 0 aliphatic carbocycles. The molecule has 1 aliphatic rings. The lowest BCUT2D eigenvalue weighted by Gasteiger charge is -2.33. The van der Waals surface area contributed by atoms with Gasteiger partial charge < -0.3 is 15.5 Å². The van der Waals surface area contributed by atoms with E-state index in [-0.39, 0.29) is 17.3 Å². The van der Waals surface area contributed by atoms with E-state index < -0.39 is 22.0 Å². The second-order valence-electron chi connectivity index (χ2n) is 4.43. The number of H-pyrrole nitrogens is 1. The molecule has 0 saturated carbocycles. The van der Waals surface area contributed by atoms with Crippen LogP contribution >= 0.6 is 0 Å². The molecule has 1 atom stereocenters. The summed E-state index contributed by atoms with van der Waals surface area (Å²) in [5.74, 6) is -0.440. The Balaban J connectivity index is 2.11. The lowest BCUT2D eigenvalue weighted by Crippen LogP contribution is -2.49. The number of hydrogen-bond donors (Lipinski definition) is 2. The minimum absolute atomic E-state index is 0.0672. The fraction of sp³-hybridized carbons (Fsp3) is 0.167. The SMILES string of the molecule is NC(=O)C1CN(S(=O)(=O)c2cnc[nH]2)c2ccccc2O1. The van der Waals surface area contributed by atoms with Crippen LogP contribution in [0.3, 0.4) is 0 Å². The van der Waals surface area contributed by atoms with Gasteiger partial charge in [0.2, 0.25) is 0 Å². The number of hydrogen-bond acceptors (Lipinski definition) is 5. The Hall–Kier alpha value is -2.55. The molecule has 2 aromatic rings. The van der Waals surface area contributed by atoms with Crippen molar-refractivity contribution in [1.29, 1.82) is 0 Å². The van der Waals surface area contributed by atoms with Crippen molar-refractivity contribution in [2.24, 2.45) is 5.73 Å². The highest BCUT2D eigenvalue weighted by molar-refractivity contribution is 7.92. The van der Waals surface area contributed by atoms with E-state index >= 15 is 0 Å². The largest absolute Gasteiger partial charge is 0.476 e. The number of imidazole rings is 1. The number of ether oxygens (including phenoxy) is 1. The van der Waals surface area contributed by atoms with E-state index in [2.05, 4.69) is 9.97 Å². The average Bonchev–Trinajstić information content (AvgIpc) is 3.00. The zero-order valence-electron chi connectivity index (χ0n) is 10.8. The first kappa shape index (κ1) is 13.4. The summed E-state index contributed by atoms with van der Waals surface area (Å²) < 4.78 is 31.8. The molecule has 1 unspecified atom stereocenters. The molecular weight excluding hydrogens is 296 g/mol. The van der Waals surface area contributed by atoms with Gasteiger partial charge in [0.15, 0.2) is 11.1 Å². The summed E-state index contributed by atoms with van der Waals surface area (Å²) in [5.41, 5.74) is 5.59. The van der Waals surface area contributed by atoms with E-state index in [4.69, 9.17) is 10.5 Å². The van der Waals surface area contributed by atoms with Crippen molar-refractivity contribution in [1.82, 2.24) is 9.97 Å². The molecule has 0 fully saturated rings. The van der Waals surface area contributed by atoms with Crippen LogP contribution in [0.5, 0.6) is 5.75 Å². The number of sulfonamides is 1. The van der Waals surface area contributed by atoms with Crippen LogP contribution in [0.2, 0.25) is 0 Å². The van der Waals surface area contributed by atoms with Crippen molar-refractivity contribution < 1.29 is 17.9 Å². The number of para-hydroxylation sites is 2. The first-order valence-electron chi connectivity index (χ1n) is 6.06. The first-order valence-corrected chi connectivity index (χ1v) is 7.50. The molecule has 1 aromatic heterocycles. The molecule has 1 aliphatic heterocycles. The standard InChI is InChI=1S/C12H12N4O4S/c13-12(17)10-6-16(8-3-1-2-4-9(8)20-10)21(18,19)11-5-14-7-15-11/h1-5,7,10H,6H2,(H2,13,17)(H,14,15). The van der Waals surface area contributed by atoms with E-state index in [1.165, 1.54) is 12.5 Å². The third kappa shape index (κ3) is 2.21. The van der Waals surface area contributed by atoms with Crippen molar-refractivity contribution in [3.63, 3.8) is 0 Å². The molecule has 0 radical (unpaired) electrons. The highest BCUT2D eigenvalue weighted by Gasteiger charge is 2.37. The number of benzene rings is 1. The summed E-state index contributed by atoms with van der Waals surface area (Å²) >= 11 is 0. The first-order chi connectivity index (χ1) is 10.00. The topological polar surface area (TPSA) is 118 Å². The molecule has 3 rings (SSSR count). The maximum Gasteiger partial charge on any atom is 0.281 e. The van der Waals surface area contributed by atoms with E-state index in [1.54, 1.807) is 24.3 Å². The Labute approximate surface area is 120 Å². The Bertz CT molecular complexity index is 772. The van der Waals surface area contributed by atoms with Crippen LogP contribution in [0.15, 0.2) is 41.8 Å². The lowest BCUT2D eigenvalue weighted by atomic mass is 10.2. The van der Waals surface area contributed by atoms with Gasteiger partial charge in [0.25, 0.3) is 15.9 Å². The minimum Gasteiger partial charge on any atom is -0.476 e. The zero-order valence-corrected chi connectivity index (χ0v) is 11.6. The summed E-state index contributed by atoms with van der Waals surface area (Å²) in [5, 5.41) is -0.0672. The van der Waals surface area contributed by atoms with Gasteiger partial charge >= 0.3 is 0 Å². The number of carbonyl (C=O) groups is 1. The third-order valence-electron chi connectivity index (χ3n) is 3.09. The molecule has 8 nitrogen and oxygen atoms in total. The maximum atomic E-state index is 12.6. The Morgan fingerprint density at radius 1 is 1.43 bits per heavy atom. The van der Waals surface area contributed by atoms with Gasteiger partial charge in [-0.1, -0.05) is 12.1 Å². The summed E-state index contributed by atoms with van der Waals surface area (Å²) in [6, 6.07) is 6.55. The van der Waals surface area contributed by atoms with Gasteiger partial charge in [0.1, 0.15) is 5.75 Å². The van der Waals surface area contributed by atoms with Crippen LogP contribution < -0.4 is 14.8 Å². The fourth-order valence-electron chi connectivity index (χ4n) is 2.08. The van der Waals surface area contributed by atoms with Crippen LogP contribution in [0.4, 0.5) is 5.69 Å².